The maximum absolute atomic E-state index is 12.5. The molecule has 0 N–H and O–H groups in total. The second kappa shape index (κ2) is 12.8. The van der Waals surface area contributed by atoms with Gasteiger partial charge < -0.3 is 23.8 Å². The zero-order valence-corrected chi connectivity index (χ0v) is 20.2. The highest BCUT2D eigenvalue weighted by molar-refractivity contribution is 6.03. The Balaban J connectivity index is 1.62. The molecule has 0 spiro atoms. The highest BCUT2D eigenvalue weighted by Gasteiger charge is 2.13. The van der Waals surface area contributed by atoms with Gasteiger partial charge in [-0.05, 0) is 60.5 Å². The number of ether oxygens (including phenoxy) is 4. The van der Waals surface area contributed by atoms with Crippen LogP contribution in [-0.4, -0.2) is 32.5 Å². The molecule has 3 aromatic rings. The molecule has 0 atom stereocenters. The predicted octanol–water partition coefficient (Wildman–Crippen LogP) is 5.82. The van der Waals surface area contributed by atoms with E-state index in [9.17, 15) is 4.79 Å². The molecule has 0 fully saturated rings. The standard InChI is InChI=1S/C28H29NO6/c1-5-17-33-24-15-16-25(27(18-24)32-4)26(6-2)29-35-28(30)21-9-7-20(8-10-21)19-34-23-13-11-22(31-3)12-14-23/h5,7-16,18H,1,6,17,19H2,2-4H3/b29-26-. The second-order valence-corrected chi connectivity index (χ2v) is 7.39. The Labute approximate surface area is 205 Å². The first-order chi connectivity index (χ1) is 17.1. The lowest BCUT2D eigenvalue weighted by Crippen LogP contribution is -2.07. The van der Waals surface area contributed by atoms with Crippen LogP contribution in [0.4, 0.5) is 0 Å². The van der Waals surface area contributed by atoms with Gasteiger partial charge in [-0.25, -0.2) is 4.79 Å². The molecular weight excluding hydrogens is 446 g/mol. The van der Waals surface area contributed by atoms with E-state index in [4.69, 9.17) is 23.8 Å². The van der Waals surface area contributed by atoms with Crippen LogP contribution in [0.1, 0.15) is 34.8 Å². The highest BCUT2D eigenvalue weighted by atomic mass is 16.7. The van der Waals surface area contributed by atoms with Crippen LogP contribution >= 0.6 is 0 Å². The first-order valence-electron chi connectivity index (χ1n) is 11.1. The van der Waals surface area contributed by atoms with Crippen molar-refractivity contribution in [3.05, 3.63) is 96.1 Å². The molecule has 35 heavy (non-hydrogen) atoms. The lowest BCUT2D eigenvalue weighted by atomic mass is 10.1. The van der Waals surface area contributed by atoms with E-state index in [0.717, 1.165) is 22.6 Å². The molecule has 0 aliphatic rings. The molecule has 0 saturated heterocycles. The SMILES string of the molecule is C=CCOc1ccc(/C(CC)=N\OC(=O)c2ccc(COc3ccc(OC)cc3)cc2)c(OC)c1. The van der Waals surface area contributed by atoms with Crippen molar-refractivity contribution in [2.45, 2.75) is 20.0 Å². The van der Waals surface area contributed by atoms with Crippen LogP contribution in [0, 0.1) is 0 Å². The van der Waals surface area contributed by atoms with Crippen molar-refractivity contribution in [1.82, 2.24) is 0 Å². The smallest absolute Gasteiger partial charge is 0.365 e. The van der Waals surface area contributed by atoms with Gasteiger partial charge in [0, 0.05) is 11.6 Å². The lowest BCUT2D eigenvalue weighted by Gasteiger charge is -2.12. The summed E-state index contributed by atoms with van der Waals surface area (Å²) in [6.45, 7) is 6.32. The van der Waals surface area contributed by atoms with Crippen LogP contribution in [0.5, 0.6) is 23.0 Å². The Kier molecular flexibility index (Phi) is 9.31. The summed E-state index contributed by atoms with van der Waals surface area (Å²) in [6, 6.07) is 19.7. The van der Waals surface area contributed by atoms with Gasteiger partial charge in [-0.2, -0.15) is 0 Å². The van der Waals surface area contributed by atoms with Crippen LogP contribution < -0.4 is 18.9 Å². The molecule has 0 amide bonds. The maximum Gasteiger partial charge on any atom is 0.365 e. The van der Waals surface area contributed by atoms with E-state index in [-0.39, 0.29) is 0 Å². The molecular formula is C28H29NO6. The normalized spacial score (nSPS) is 10.9. The number of carbonyl (C=O) groups excluding carboxylic acids is 1. The fraction of sp³-hybridized carbons (Fsp3) is 0.214. The van der Waals surface area contributed by atoms with Crippen molar-refractivity contribution in [3.8, 4) is 23.0 Å². The topological polar surface area (TPSA) is 75.6 Å². The van der Waals surface area contributed by atoms with Crippen LogP contribution in [0.25, 0.3) is 0 Å². The predicted molar refractivity (Wildman–Crippen MR) is 135 cm³/mol. The Hall–Kier alpha value is -4.26. The Morgan fingerprint density at radius 3 is 2.20 bits per heavy atom. The third-order valence-electron chi connectivity index (χ3n) is 5.08. The van der Waals surface area contributed by atoms with E-state index >= 15 is 0 Å². The zero-order valence-electron chi connectivity index (χ0n) is 20.2. The molecule has 0 saturated carbocycles. The number of rotatable bonds is 12. The van der Waals surface area contributed by atoms with E-state index in [1.165, 1.54) is 0 Å². The van der Waals surface area contributed by atoms with Gasteiger partial charge in [-0.15, -0.1) is 0 Å². The molecule has 7 nitrogen and oxygen atoms in total. The molecule has 7 heteroatoms. The summed E-state index contributed by atoms with van der Waals surface area (Å²) in [6.07, 6.45) is 2.21. The van der Waals surface area contributed by atoms with E-state index in [0.29, 0.717) is 42.4 Å². The summed E-state index contributed by atoms with van der Waals surface area (Å²) in [5.41, 5.74) is 2.60. The molecule has 0 aliphatic carbocycles. The molecule has 182 valence electrons. The summed E-state index contributed by atoms with van der Waals surface area (Å²) in [4.78, 5) is 17.8. The summed E-state index contributed by atoms with van der Waals surface area (Å²) < 4.78 is 21.9. The van der Waals surface area contributed by atoms with Crippen LogP contribution in [0.15, 0.2) is 84.5 Å². The van der Waals surface area contributed by atoms with E-state index < -0.39 is 5.97 Å². The number of nitrogens with zero attached hydrogens (tertiary/aromatic N) is 1. The van der Waals surface area contributed by atoms with Gasteiger partial charge in [-0.3, -0.25) is 0 Å². The number of methoxy groups -OCH3 is 2. The number of oxime groups is 1. The summed E-state index contributed by atoms with van der Waals surface area (Å²) in [7, 11) is 3.18. The van der Waals surface area contributed by atoms with Crippen molar-refractivity contribution in [3.63, 3.8) is 0 Å². The van der Waals surface area contributed by atoms with E-state index in [2.05, 4.69) is 11.7 Å². The summed E-state index contributed by atoms with van der Waals surface area (Å²) >= 11 is 0. The van der Waals surface area contributed by atoms with Gasteiger partial charge in [0.25, 0.3) is 0 Å². The number of hydrogen-bond acceptors (Lipinski definition) is 7. The summed E-state index contributed by atoms with van der Waals surface area (Å²) in [5, 5.41) is 4.10. The van der Waals surface area contributed by atoms with Gasteiger partial charge in [0.1, 0.15) is 36.2 Å². The summed E-state index contributed by atoms with van der Waals surface area (Å²) in [5.74, 6) is 2.16. The number of carbonyl (C=O) groups is 1. The third-order valence-corrected chi connectivity index (χ3v) is 5.08. The molecule has 3 rings (SSSR count). The van der Waals surface area contributed by atoms with Crippen molar-refractivity contribution in [2.75, 3.05) is 20.8 Å². The van der Waals surface area contributed by atoms with Crippen molar-refractivity contribution < 1.29 is 28.6 Å². The van der Waals surface area contributed by atoms with Crippen molar-refractivity contribution >= 4 is 11.7 Å². The minimum absolute atomic E-state index is 0.367. The third kappa shape index (κ3) is 7.11. The highest BCUT2D eigenvalue weighted by Crippen LogP contribution is 2.26. The lowest BCUT2D eigenvalue weighted by molar-refractivity contribution is 0.0515. The number of benzene rings is 3. The van der Waals surface area contributed by atoms with Crippen LogP contribution in [0.2, 0.25) is 0 Å². The zero-order chi connectivity index (χ0) is 25.0. The van der Waals surface area contributed by atoms with E-state index in [1.54, 1.807) is 44.6 Å². The van der Waals surface area contributed by atoms with Gasteiger partial charge in [-0.1, -0.05) is 36.9 Å². The first kappa shape index (κ1) is 25.4. The minimum Gasteiger partial charge on any atom is -0.497 e. The minimum atomic E-state index is -0.552. The molecule has 0 heterocycles. The molecule has 0 aromatic heterocycles. The fourth-order valence-corrected chi connectivity index (χ4v) is 3.18. The fourth-order valence-electron chi connectivity index (χ4n) is 3.18. The maximum atomic E-state index is 12.5. The monoisotopic (exact) mass is 475 g/mol. The Morgan fingerprint density at radius 1 is 0.886 bits per heavy atom. The molecule has 0 aliphatic heterocycles. The number of hydrogen-bond donors (Lipinski definition) is 0. The molecule has 0 bridgehead atoms. The average molecular weight is 476 g/mol. The quantitative estimate of drug-likeness (QED) is 0.142. The van der Waals surface area contributed by atoms with Gasteiger partial charge >= 0.3 is 5.97 Å². The first-order valence-corrected chi connectivity index (χ1v) is 11.1. The molecule has 0 radical (unpaired) electrons. The van der Waals surface area contributed by atoms with Crippen LogP contribution in [0.3, 0.4) is 0 Å². The average Bonchev–Trinajstić information content (AvgIpc) is 2.91. The van der Waals surface area contributed by atoms with Gasteiger partial charge in [0.2, 0.25) is 0 Å². The van der Waals surface area contributed by atoms with Gasteiger partial charge in [0.15, 0.2) is 0 Å². The largest absolute Gasteiger partial charge is 0.497 e. The second-order valence-electron chi connectivity index (χ2n) is 7.39. The Morgan fingerprint density at radius 2 is 1.57 bits per heavy atom. The Bertz CT molecular complexity index is 1150. The van der Waals surface area contributed by atoms with Gasteiger partial charge in [0.05, 0.1) is 25.5 Å². The van der Waals surface area contributed by atoms with Crippen molar-refractivity contribution in [2.24, 2.45) is 5.16 Å². The van der Waals surface area contributed by atoms with Crippen molar-refractivity contribution in [1.29, 1.82) is 0 Å². The van der Waals surface area contributed by atoms with Crippen LogP contribution in [-0.2, 0) is 11.4 Å². The molecule has 3 aromatic carbocycles. The van der Waals surface area contributed by atoms with E-state index in [1.807, 2.05) is 49.4 Å². The molecule has 0 unspecified atom stereocenters.